The number of aryl methyl sites for hydroxylation is 1. The third-order valence-electron chi connectivity index (χ3n) is 2.23. The third kappa shape index (κ3) is 1.92. The molecule has 2 rings (SSSR count). The van der Waals surface area contributed by atoms with Gasteiger partial charge in [0.2, 0.25) is 0 Å². The van der Waals surface area contributed by atoms with Crippen molar-refractivity contribution in [2.24, 2.45) is 0 Å². The maximum Gasteiger partial charge on any atom is 0.254 e. The number of aliphatic hydroxyl groups is 1. The van der Waals surface area contributed by atoms with Gasteiger partial charge in [-0.2, -0.15) is 4.31 Å². The minimum atomic E-state index is -3.42. The number of β-amino-alcohol motifs (C(OH)–C–C–N with tert-alkyl or cyclic N) is 1. The van der Waals surface area contributed by atoms with Crippen molar-refractivity contribution >= 4 is 21.4 Å². The first-order valence-corrected chi connectivity index (χ1v) is 6.72. The lowest BCUT2D eigenvalue weighted by Crippen LogP contribution is -2.61. The van der Waals surface area contributed by atoms with Gasteiger partial charge in [-0.1, -0.05) is 0 Å². The molecular formula is C8H12N2O3S2. The summed E-state index contributed by atoms with van der Waals surface area (Å²) in [6, 6.07) is 0. The van der Waals surface area contributed by atoms with Crippen molar-refractivity contribution in [1.82, 2.24) is 9.29 Å². The monoisotopic (exact) mass is 248 g/mol. The topological polar surface area (TPSA) is 70.5 Å². The highest BCUT2D eigenvalue weighted by atomic mass is 32.2. The normalized spacial score (nSPS) is 21.3. The molecule has 0 aliphatic carbocycles. The predicted octanol–water partition coefficient (Wildman–Crippen LogP) is 0.207. The summed E-state index contributed by atoms with van der Waals surface area (Å²) in [6.45, 7) is 3.70. The maximum absolute atomic E-state index is 11.9. The Morgan fingerprint density at radius 2 is 2.20 bits per heavy atom. The summed E-state index contributed by atoms with van der Waals surface area (Å²) in [4.78, 5) is 3.91. The minimum absolute atomic E-state index is 0.159. The number of nitrogens with zero attached hydrogens (tertiary/aromatic N) is 2. The Kier molecular flexibility index (Phi) is 2.38. The highest BCUT2D eigenvalue weighted by Crippen LogP contribution is 2.29. The van der Waals surface area contributed by atoms with Crippen molar-refractivity contribution in [3.63, 3.8) is 0 Å². The molecule has 1 aromatic rings. The van der Waals surface area contributed by atoms with Crippen LogP contribution >= 0.6 is 11.3 Å². The van der Waals surface area contributed by atoms with E-state index in [0.29, 0.717) is 0 Å². The molecule has 0 saturated carbocycles. The Morgan fingerprint density at radius 3 is 2.60 bits per heavy atom. The van der Waals surface area contributed by atoms with Crippen LogP contribution in [0.2, 0.25) is 0 Å². The van der Waals surface area contributed by atoms with E-state index in [9.17, 15) is 13.5 Å². The molecule has 1 saturated heterocycles. The van der Waals surface area contributed by atoms with Gasteiger partial charge in [-0.3, -0.25) is 0 Å². The lowest BCUT2D eigenvalue weighted by atomic mass is 10.0. The van der Waals surface area contributed by atoms with Crippen LogP contribution in [-0.4, -0.2) is 41.5 Å². The van der Waals surface area contributed by atoms with E-state index in [0.717, 1.165) is 16.3 Å². The molecule has 0 amide bonds. The van der Waals surface area contributed by atoms with Crippen LogP contribution < -0.4 is 0 Å². The quantitative estimate of drug-likeness (QED) is 0.812. The molecular weight excluding hydrogens is 236 g/mol. The SMILES string of the molecule is Cc1ncc(S(=O)(=O)N2CC(C)(O)C2)s1. The summed E-state index contributed by atoms with van der Waals surface area (Å²) in [7, 11) is -3.42. The summed E-state index contributed by atoms with van der Waals surface area (Å²) >= 11 is 1.15. The Bertz CT molecular complexity index is 470. The first kappa shape index (κ1) is 11.0. The predicted molar refractivity (Wildman–Crippen MR) is 56.2 cm³/mol. The Labute approximate surface area is 92.4 Å². The Morgan fingerprint density at radius 1 is 1.60 bits per heavy atom. The van der Waals surface area contributed by atoms with Crippen LogP contribution in [0, 0.1) is 6.92 Å². The molecule has 15 heavy (non-hydrogen) atoms. The molecule has 1 aromatic heterocycles. The lowest BCUT2D eigenvalue weighted by Gasteiger charge is -2.42. The van der Waals surface area contributed by atoms with Crippen LogP contribution in [-0.2, 0) is 10.0 Å². The molecule has 5 nitrogen and oxygen atoms in total. The van der Waals surface area contributed by atoms with Crippen molar-refractivity contribution in [3.8, 4) is 0 Å². The number of hydrogen-bond donors (Lipinski definition) is 1. The fourth-order valence-electron chi connectivity index (χ4n) is 1.47. The number of hydrogen-bond acceptors (Lipinski definition) is 5. The number of sulfonamides is 1. The highest BCUT2D eigenvalue weighted by molar-refractivity contribution is 7.91. The van der Waals surface area contributed by atoms with Crippen LogP contribution in [0.4, 0.5) is 0 Å². The molecule has 2 heterocycles. The molecule has 1 aliphatic heterocycles. The summed E-state index contributed by atoms with van der Waals surface area (Å²) < 4.78 is 25.3. The van der Waals surface area contributed by atoms with E-state index in [2.05, 4.69) is 4.98 Å². The van der Waals surface area contributed by atoms with Gasteiger partial charge in [0.15, 0.2) is 4.21 Å². The van der Waals surface area contributed by atoms with Crippen LogP contribution in [0.3, 0.4) is 0 Å². The van der Waals surface area contributed by atoms with Gasteiger partial charge in [0, 0.05) is 13.1 Å². The lowest BCUT2D eigenvalue weighted by molar-refractivity contribution is -0.0425. The average molecular weight is 248 g/mol. The first-order chi connectivity index (χ1) is 6.81. The van der Waals surface area contributed by atoms with E-state index >= 15 is 0 Å². The second kappa shape index (κ2) is 3.24. The summed E-state index contributed by atoms with van der Waals surface area (Å²) in [5.41, 5.74) is -0.882. The molecule has 1 fully saturated rings. The van der Waals surface area contributed by atoms with Crippen molar-refractivity contribution < 1.29 is 13.5 Å². The molecule has 0 atom stereocenters. The smallest absolute Gasteiger partial charge is 0.254 e. The number of thiazole rings is 1. The fourth-order valence-corrected chi connectivity index (χ4v) is 4.41. The van der Waals surface area contributed by atoms with Gasteiger partial charge in [-0.05, 0) is 13.8 Å². The molecule has 1 N–H and O–H groups in total. The van der Waals surface area contributed by atoms with E-state index < -0.39 is 15.6 Å². The van der Waals surface area contributed by atoms with E-state index in [1.165, 1.54) is 10.5 Å². The van der Waals surface area contributed by atoms with Crippen molar-refractivity contribution in [1.29, 1.82) is 0 Å². The van der Waals surface area contributed by atoms with Crippen molar-refractivity contribution in [3.05, 3.63) is 11.2 Å². The maximum atomic E-state index is 11.9. The highest BCUT2D eigenvalue weighted by Gasteiger charge is 2.44. The molecule has 0 unspecified atom stereocenters. The van der Waals surface area contributed by atoms with Crippen LogP contribution in [0.25, 0.3) is 0 Å². The second-order valence-corrected chi connectivity index (χ2v) is 7.37. The van der Waals surface area contributed by atoms with Gasteiger partial charge in [0.25, 0.3) is 10.0 Å². The Balaban J connectivity index is 2.23. The van der Waals surface area contributed by atoms with Gasteiger partial charge < -0.3 is 5.11 Å². The molecule has 0 radical (unpaired) electrons. The van der Waals surface area contributed by atoms with Gasteiger partial charge in [-0.15, -0.1) is 11.3 Å². The van der Waals surface area contributed by atoms with E-state index in [1.807, 2.05) is 0 Å². The van der Waals surface area contributed by atoms with Gasteiger partial charge in [-0.25, -0.2) is 13.4 Å². The summed E-state index contributed by atoms with van der Waals surface area (Å²) in [5, 5.41) is 10.2. The van der Waals surface area contributed by atoms with Crippen LogP contribution in [0.15, 0.2) is 10.4 Å². The first-order valence-electron chi connectivity index (χ1n) is 4.46. The summed E-state index contributed by atoms with van der Waals surface area (Å²) in [5.74, 6) is 0. The molecule has 0 aromatic carbocycles. The number of aromatic nitrogens is 1. The van der Waals surface area contributed by atoms with E-state index in [4.69, 9.17) is 0 Å². The largest absolute Gasteiger partial charge is 0.387 e. The van der Waals surface area contributed by atoms with Gasteiger partial charge in [0.1, 0.15) is 0 Å². The van der Waals surface area contributed by atoms with Crippen molar-refractivity contribution in [2.75, 3.05) is 13.1 Å². The number of rotatable bonds is 2. The zero-order valence-corrected chi connectivity index (χ0v) is 10.1. The zero-order chi connectivity index (χ0) is 11.3. The molecule has 7 heteroatoms. The molecule has 0 spiro atoms. The Hall–Kier alpha value is -0.500. The second-order valence-electron chi connectivity index (χ2n) is 3.97. The summed E-state index contributed by atoms with van der Waals surface area (Å²) in [6.07, 6.45) is 1.36. The average Bonchev–Trinajstić information content (AvgIpc) is 2.48. The zero-order valence-electron chi connectivity index (χ0n) is 8.47. The van der Waals surface area contributed by atoms with Crippen molar-refractivity contribution in [2.45, 2.75) is 23.7 Å². The fraction of sp³-hybridized carbons (Fsp3) is 0.625. The van der Waals surface area contributed by atoms with E-state index in [-0.39, 0.29) is 17.3 Å². The van der Waals surface area contributed by atoms with Crippen LogP contribution in [0.1, 0.15) is 11.9 Å². The molecule has 0 bridgehead atoms. The van der Waals surface area contributed by atoms with Crippen LogP contribution in [0.5, 0.6) is 0 Å². The minimum Gasteiger partial charge on any atom is -0.387 e. The standard InChI is InChI=1S/C8H12N2O3S2/c1-6-9-3-7(14-6)15(12,13)10-4-8(2,11)5-10/h3,11H,4-5H2,1-2H3. The third-order valence-corrected chi connectivity index (χ3v) is 5.37. The molecule has 1 aliphatic rings. The van der Waals surface area contributed by atoms with Gasteiger partial charge in [0.05, 0.1) is 16.8 Å². The van der Waals surface area contributed by atoms with Gasteiger partial charge >= 0.3 is 0 Å². The molecule has 84 valence electrons. The van der Waals surface area contributed by atoms with E-state index in [1.54, 1.807) is 13.8 Å².